The van der Waals surface area contributed by atoms with Crippen molar-refractivity contribution in [1.29, 1.82) is 0 Å². The fourth-order valence-corrected chi connectivity index (χ4v) is 3.44. The third-order valence-electron chi connectivity index (χ3n) is 4.36. The minimum atomic E-state index is -0.00742. The van der Waals surface area contributed by atoms with Crippen LogP contribution in [0.5, 0.6) is 5.75 Å². The second-order valence-corrected chi connectivity index (χ2v) is 7.21. The first-order chi connectivity index (χ1) is 12.7. The number of carbonyl (C=O) groups excluding carboxylic acids is 1. The number of halogens is 1. The molecular weight excluding hydrogens is 394 g/mol. The number of carbonyl (C=O) groups is 1. The van der Waals surface area contributed by atoms with Gasteiger partial charge in [-0.1, -0.05) is 12.1 Å². The molecule has 138 valence electrons. The molecule has 2 heterocycles. The molecule has 0 bridgehead atoms. The summed E-state index contributed by atoms with van der Waals surface area (Å²) in [4.78, 5) is 19.0. The zero-order valence-corrected chi connectivity index (χ0v) is 16.4. The molecule has 0 aliphatic carbocycles. The predicted octanol–water partition coefficient (Wildman–Crippen LogP) is 4.63. The molecule has 0 saturated carbocycles. The summed E-state index contributed by atoms with van der Waals surface area (Å²) < 4.78 is 6.63. The maximum atomic E-state index is 12.3. The van der Waals surface area contributed by atoms with Crippen molar-refractivity contribution in [1.82, 2.24) is 4.98 Å². The van der Waals surface area contributed by atoms with Gasteiger partial charge in [-0.05, 0) is 65.9 Å². The smallest absolute Gasteiger partial charge is 0.224 e. The van der Waals surface area contributed by atoms with Gasteiger partial charge in [0.15, 0.2) is 5.82 Å². The van der Waals surface area contributed by atoms with E-state index in [0.29, 0.717) is 19.4 Å². The molecular formula is C20H24BrN3O2. The largest absolute Gasteiger partial charge is 0.492 e. The van der Waals surface area contributed by atoms with Crippen LogP contribution in [-0.2, 0) is 4.79 Å². The van der Waals surface area contributed by atoms with Crippen LogP contribution < -0.4 is 15.0 Å². The van der Waals surface area contributed by atoms with Gasteiger partial charge in [-0.3, -0.25) is 4.79 Å². The number of hydrogen-bond acceptors (Lipinski definition) is 4. The average Bonchev–Trinajstić information content (AvgIpc) is 2.68. The summed E-state index contributed by atoms with van der Waals surface area (Å²) in [5, 5.41) is 3.01. The maximum absolute atomic E-state index is 12.3. The normalized spacial score (nSPS) is 14.1. The molecule has 1 aliphatic rings. The fraction of sp³-hybridized carbons (Fsp3) is 0.400. The average molecular weight is 418 g/mol. The van der Waals surface area contributed by atoms with Crippen LogP contribution in [0.1, 0.15) is 32.1 Å². The number of benzene rings is 1. The number of ether oxygens (including phenoxy) is 1. The van der Waals surface area contributed by atoms with E-state index in [-0.39, 0.29) is 5.91 Å². The van der Waals surface area contributed by atoms with Gasteiger partial charge >= 0.3 is 0 Å². The highest BCUT2D eigenvalue weighted by molar-refractivity contribution is 9.10. The summed E-state index contributed by atoms with van der Waals surface area (Å²) in [6.45, 7) is 2.50. The highest BCUT2D eigenvalue weighted by Gasteiger charge is 2.16. The molecule has 26 heavy (non-hydrogen) atoms. The monoisotopic (exact) mass is 417 g/mol. The number of hydrogen-bond donors (Lipinski definition) is 1. The third-order valence-corrected chi connectivity index (χ3v) is 5.01. The van der Waals surface area contributed by atoms with Crippen molar-refractivity contribution < 1.29 is 9.53 Å². The second-order valence-electron chi connectivity index (χ2n) is 6.35. The van der Waals surface area contributed by atoms with Gasteiger partial charge in [-0.15, -0.1) is 0 Å². The number of nitrogens with zero attached hydrogens (tertiary/aromatic N) is 2. The highest BCUT2D eigenvalue weighted by Crippen LogP contribution is 2.26. The zero-order chi connectivity index (χ0) is 18.2. The van der Waals surface area contributed by atoms with Crippen molar-refractivity contribution in [2.24, 2.45) is 0 Å². The first-order valence-electron chi connectivity index (χ1n) is 9.11. The Morgan fingerprint density at radius 1 is 1.15 bits per heavy atom. The Morgan fingerprint density at radius 3 is 2.77 bits per heavy atom. The van der Waals surface area contributed by atoms with E-state index >= 15 is 0 Å². The van der Waals surface area contributed by atoms with Crippen LogP contribution in [-0.4, -0.2) is 30.6 Å². The summed E-state index contributed by atoms with van der Waals surface area (Å²) >= 11 is 3.45. The van der Waals surface area contributed by atoms with Gasteiger partial charge in [0.2, 0.25) is 5.91 Å². The molecule has 1 saturated heterocycles. The van der Waals surface area contributed by atoms with Crippen molar-refractivity contribution in [3.63, 3.8) is 0 Å². The number of nitrogens with one attached hydrogen (secondary N) is 1. The van der Waals surface area contributed by atoms with Crippen LogP contribution in [0.15, 0.2) is 47.1 Å². The topological polar surface area (TPSA) is 54.5 Å². The van der Waals surface area contributed by atoms with Gasteiger partial charge in [0.05, 0.1) is 16.8 Å². The van der Waals surface area contributed by atoms with Gasteiger partial charge in [-0.25, -0.2) is 4.98 Å². The molecule has 1 amide bonds. The molecule has 1 fully saturated rings. The molecule has 0 radical (unpaired) electrons. The molecule has 3 rings (SSSR count). The summed E-state index contributed by atoms with van der Waals surface area (Å²) in [5.41, 5.74) is 0.797. The van der Waals surface area contributed by atoms with Crippen LogP contribution in [0.25, 0.3) is 0 Å². The second kappa shape index (κ2) is 9.57. The summed E-state index contributed by atoms with van der Waals surface area (Å²) in [6.07, 6.45) is 6.48. The number of pyridine rings is 1. The standard InChI is InChI=1S/C20H24BrN3O2/c21-16-8-2-3-10-18(16)26-15-7-11-19(25)23-17-9-6-12-22-20(17)24-13-4-1-5-14-24/h2-3,6,8-10,12H,1,4-5,7,11,13-15H2,(H,23,25). The molecule has 0 atom stereocenters. The van der Waals surface area contributed by atoms with Crippen molar-refractivity contribution in [2.45, 2.75) is 32.1 Å². The van der Waals surface area contributed by atoms with Gasteiger partial charge in [0.1, 0.15) is 5.75 Å². The molecule has 1 N–H and O–H groups in total. The molecule has 1 aromatic heterocycles. The van der Waals surface area contributed by atoms with E-state index in [1.807, 2.05) is 36.4 Å². The SMILES string of the molecule is O=C(CCCOc1ccccc1Br)Nc1cccnc1N1CCCCC1. The number of para-hydroxylation sites is 1. The predicted molar refractivity (Wildman–Crippen MR) is 108 cm³/mol. The number of anilines is 2. The van der Waals surface area contributed by atoms with E-state index in [0.717, 1.165) is 34.8 Å². The number of piperidine rings is 1. The number of amides is 1. The van der Waals surface area contributed by atoms with Crippen molar-refractivity contribution in [3.05, 3.63) is 47.1 Å². The summed E-state index contributed by atoms with van der Waals surface area (Å²) in [6, 6.07) is 11.5. The Hall–Kier alpha value is -2.08. The maximum Gasteiger partial charge on any atom is 0.224 e. The lowest BCUT2D eigenvalue weighted by molar-refractivity contribution is -0.116. The molecule has 0 unspecified atom stereocenters. The number of aromatic nitrogens is 1. The van der Waals surface area contributed by atoms with Crippen LogP contribution in [0, 0.1) is 0 Å². The Labute approximate surface area is 162 Å². The summed E-state index contributed by atoms with van der Waals surface area (Å²) in [5.74, 6) is 1.67. The van der Waals surface area contributed by atoms with E-state index in [4.69, 9.17) is 4.74 Å². The minimum Gasteiger partial charge on any atom is -0.492 e. The number of rotatable bonds is 7. The quantitative estimate of drug-likeness (QED) is 0.666. The molecule has 1 aliphatic heterocycles. The van der Waals surface area contributed by atoms with Crippen molar-refractivity contribution in [3.8, 4) is 5.75 Å². The van der Waals surface area contributed by atoms with Crippen LogP contribution in [0.3, 0.4) is 0 Å². The lowest BCUT2D eigenvalue weighted by Gasteiger charge is -2.29. The first-order valence-corrected chi connectivity index (χ1v) is 9.90. The highest BCUT2D eigenvalue weighted by atomic mass is 79.9. The molecule has 0 spiro atoms. The van der Waals surface area contributed by atoms with E-state index in [1.54, 1.807) is 6.20 Å². The van der Waals surface area contributed by atoms with Gasteiger partial charge in [0, 0.05) is 25.7 Å². The zero-order valence-electron chi connectivity index (χ0n) is 14.8. The van der Waals surface area contributed by atoms with Gasteiger partial charge in [0.25, 0.3) is 0 Å². The first kappa shape index (κ1) is 18.7. The minimum absolute atomic E-state index is 0.00742. The van der Waals surface area contributed by atoms with Crippen molar-refractivity contribution in [2.75, 3.05) is 29.9 Å². The van der Waals surface area contributed by atoms with E-state index in [9.17, 15) is 4.79 Å². The van der Waals surface area contributed by atoms with Crippen molar-refractivity contribution >= 4 is 33.3 Å². The lowest BCUT2D eigenvalue weighted by Crippen LogP contribution is -2.31. The van der Waals surface area contributed by atoms with Crippen LogP contribution in [0.4, 0.5) is 11.5 Å². The summed E-state index contributed by atoms with van der Waals surface area (Å²) in [7, 11) is 0. The van der Waals surface area contributed by atoms with E-state index in [1.165, 1.54) is 19.3 Å². The molecule has 2 aromatic rings. The Morgan fingerprint density at radius 2 is 1.96 bits per heavy atom. The fourth-order valence-electron chi connectivity index (χ4n) is 3.04. The van der Waals surface area contributed by atoms with E-state index < -0.39 is 0 Å². The van der Waals surface area contributed by atoms with Gasteiger partial charge < -0.3 is 15.0 Å². The van der Waals surface area contributed by atoms with Crippen LogP contribution >= 0.6 is 15.9 Å². The molecule has 6 heteroatoms. The third kappa shape index (κ3) is 5.21. The molecule has 5 nitrogen and oxygen atoms in total. The van der Waals surface area contributed by atoms with Crippen LogP contribution in [0.2, 0.25) is 0 Å². The molecule has 1 aromatic carbocycles. The Kier molecular flexibility index (Phi) is 6.89. The van der Waals surface area contributed by atoms with Gasteiger partial charge in [-0.2, -0.15) is 0 Å². The Bertz CT molecular complexity index is 733. The lowest BCUT2D eigenvalue weighted by atomic mass is 10.1. The van der Waals surface area contributed by atoms with E-state index in [2.05, 4.69) is 31.1 Å². The Balaban J connectivity index is 1.48.